The van der Waals surface area contributed by atoms with E-state index in [9.17, 15) is 13.2 Å². The number of hydrogen-bond donors (Lipinski definition) is 1. The summed E-state index contributed by atoms with van der Waals surface area (Å²) in [6.45, 7) is 2.32. The standard InChI is InChI=1S/C9H12ClNO4S2/c1-6-7(8(12)11-3-4-15-2)5-16-9(6)17(10,13)14/h5H,3-4H2,1-2H3,(H,11,12). The molecule has 0 saturated carbocycles. The summed E-state index contributed by atoms with van der Waals surface area (Å²) >= 11 is 0.939. The first-order valence-electron chi connectivity index (χ1n) is 4.67. The highest BCUT2D eigenvalue weighted by Crippen LogP contribution is 2.29. The number of halogens is 1. The summed E-state index contributed by atoms with van der Waals surface area (Å²) in [6, 6.07) is 0. The van der Waals surface area contributed by atoms with E-state index in [2.05, 4.69) is 5.32 Å². The Kier molecular flexibility index (Phi) is 4.93. The maximum Gasteiger partial charge on any atom is 0.271 e. The Morgan fingerprint density at radius 2 is 2.24 bits per heavy atom. The van der Waals surface area contributed by atoms with Crippen LogP contribution in [-0.4, -0.2) is 34.6 Å². The quantitative estimate of drug-likeness (QED) is 0.658. The maximum atomic E-state index is 11.7. The second-order valence-electron chi connectivity index (χ2n) is 3.25. The van der Waals surface area contributed by atoms with E-state index in [4.69, 9.17) is 15.4 Å². The van der Waals surface area contributed by atoms with Crippen LogP contribution in [0.4, 0.5) is 0 Å². The Morgan fingerprint density at radius 1 is 1.59 bits per heavy atom. The number of carbonyl (C=O) groups is 1. The van der Waals surface area contributed by atoms with E-state index in [1.807, 2.05) is 0 Å². The fraction of sp³-hybridized carbons (Fsp3) is 0.444. The van der Waals surface area contributed by atoms with Gasteiger partial charge in [-0.15, -0.1) is 11.3 Å². The molecule has 0 atom stereocenters. The molecule has 0 aliphatic heterocycles. The Labute approximate surface area is 108 Å². The van der Waals surface area contributed by atoms with Gasteiger partial charge >= 0.3 is 0 Å². The molecule has 17 heavy (non-hydrogen) atoms. The molecule has 96 valence electrons. The summed E-state index contributed by atoms with van der Waals surface area (Å²) in [7, 11) is 2.98. The molecule has 1 aromatic heterocycles. The summed E-state index contributed by atoms with van der Waals surface area (Å²) in [6.07, 6.45) is 0. The summed E-state index contributed by atoms with van der Waals surface area (Å²) in [5, 5.41) is 4.09. The minimum absolute atomic E-state index is 0.0102. The van der Waals surface area contributed by atoms with Crippen LogP contribution < -0.4 is 5.32 Å². The van der Waals surface area contributed by atoms with Crippen molar-refractivity contribution in [3.05, 3.63) is 16.5 Å². The second kappa shape index (κ2) is 5.81. The van der Waals surface area contributed by atoms with Crippen molar-refractivity contribution in [1.82, 2.24) is 5.32 Å². The number of rotatable bonds is 5. The van der Waals surface area contributed by atoms with Gasteiger partial charge in [0.05, 0.1) is 12.2 Å². The number of carbonyl (C=O) groups excluding carboxylic acids is 1. The van der Waals surface area contributed by atoms with Crippen LogP contribution in [0.2, 0.25) is 0 Å². The Balaban J connectivity index is 2.87. The number of amides is 1. The van der Waals surface area contributed by atoms with E-state index in [-0.39, 0.29) is 10.1 Å². The predicted octanol–water partition coefficient (Wildman–Crippen LogP) is 1.36. The van der Waals surface area contributed by atoms with Gasteiger partial charge in [0, 0.05) is 29.7 Å². The van der Waals surface area contributed by atoms with Crippen molar-refractivity contribution in [2.45, 2.75) is 11.1 Å². The van der Waals surface area contributed by atoms with Crippen molar-refractivity contribution in [2.75, 3.05) is 20.3 Å². The van der Waals surface area contributed by atoms with Gasteiger partial charge in [-0.2, -0.15) is 0 Å². The topological polar surface area (TPSA) is 72.5 Å². The number of methoxy groups -OCH3 is 1. The van der Waals surface area contributed by atoms with E-state index in [0.717, 1.165) is 11.3 Å². The van der Waals surface area contributed by atoms with Gasteiger partial charge < -0.3 is 10.1 Å². The zero-order chi connectivity index (χ0) is 13.1. The monoisotopic (exact) mass is 297 g/mol. The molecule has 1 amide bonds. The van der Waals surface area contributed by atoms with Crippen molar-refractivity contribution in [1.29, 1.82) is 0 Å². The fourth-order valence-electron chi connectivity index (χ4n) is 1.23. The summed E-state index contributed by atoms with van der Waals surface area (Å²) < 4.78 is 27.1. The minimum atomic E-state index is -3.79. The minimum Gasteiger partial charge on any atom is -0.383 e. The smallest absolute Gasteiger partial charge is 0.271 e. The third kappa shape index (κ3) is 3.67. The molecular formula is C9H12ClNO4S2. The van der Waals surface area contributed by atoms with Crippen LogP contribution in [0.1, 0.15) is 15.9 Å². The molecule has 0 bridgehead atoms. The highest BCUT2D eigenvalue weighted by Gasteiger charge is 2.21. The van der Waals surface area contributed by atoms with Crippen LogP contribution in [0.5, 0.6) is 0 Å². The molecule has 0 fully saturated rings. The lowest BCUT2D eigenvalue weighted by Crippen LogP contribution is -2.27. The Morgan fingerprint density at radius 3 is 2.71 bits per heavy atom. The van der Waals surface area contributed by atoms with Crippen LogP contribution in [0.15, 0.2) is 9.59 Å². The number of ether oxygens (including phenoxy) is 1. The lowest BCUT2D eigenvalue weighted by molar-refractivity contribution is 0.0937. The third-order valence-electron chi connectivity index (χ3n) is 2.05. The van der Waals surface area contributed by atoms with Crippen LogP contribution >= 0.6 is 22.0 Å². The van der Waals surface area contributed by atoms with Gasteiger partial charge in [-0.25, -0.2) is 8.42 Å². The van der Waals surface area contributed by atoms with Crippen molar-refractivity contribution >= 4 is 37.0 Å². The fourth-order valence-corrected chi connectivity index (χ4v) is 3.77. The molecule has 0 aromatic carbocycles. The average molecular weight is 298 g/mol. The van der Waals surface area contributed by atoms with Crippen molar-refractivity contribution in [3.8, 4) is 0 Å². The molecule has 1 heterocycles. The third-order valence-corrected chi connectivity index (χ3v) is 5.36. The molecule has 1 rings (SSSR count). The van der Waals surface area contributed by atoms with E-state index in [1.54, 1.807) is 6.92 Å². The molecule has 1 N–H and O–H groups in total. The van der Waals surface area contributed by atoms with Crippen molar-refractivity contribution in [2.24, 2.45) is 0 Å². The molecule has 0 aliphatic rings. The average Bonchev–Trinajstić information content (AvgIpc) is 2.59. The zero-order valence-corrected chi connectivity index (χ0v) is 11.7. The summed E-state index contributed by atoms with van der Waals surface area (Å²) in [5.74, 6) is -0.331. The first-order valence-corrected chi connectivity index (χ1v) is 7.86. The van der Waals surface area contributed by atoms with E-state index in [1.165, 1.54) is 12.5 Å². The maximum absolute atomic E-state index is 11.7. The first-order chi connectivity index (χ1) is 7.88. The molecule has 1 aromatic rings. The van der Waals surface area contributed by atoms with Gasteiger partial charge in [-0.1, -0.05) is 0 Å². The van der Waals surface area contributed by atoms with Gasteiger partial charge in [0.15, 0.2) is 0 Å². The van der Waals surface area contributed by atoms with Gasteiger partial charge in [-0.3, -0.25) is 4.79 Å². The Hall–Kier alpha value is -0.630. The molecule has 0 unspecified atom stereocenters. The largest absolute Gasteiger partial charge is 0.383 e. The second-order valence-corrected chi connectivity index (χ2v) is 6.89. The van der Waals surface area contributed by atoms with Crippen LogP contribution in [0.25, 0.3) is 0 Å². The molecule has 0 spiro atoms. The summed E-state index contributed by atoms with van der Waals surface area (Å²) in [5.41, 5.74) is 0.699. The predicted molar refractivity (Wildman–Crippen MR) is 66.3 cm³/mol. The molecular weight excluding hydrogens is 286 g/mol. The van der Waals surface area contributed by atoms with Crippen LogP contribution in [-0.2, 0) is 13.8 Å². The van der Waals surface area contributed by atoms with E-state index >= 15 is 0 Å². The Bertz CT molecular complexity index is 509. The van der Waals surface area contributed by atoms with Gasteiger partial charge in [0.25, 0.3) is 15.0 Å². The lowest BCUT2D eigenvalue weighted by Gasteiger charge is -2.03. The lowest BCUT2D eigenvalue weighted by atomic mass is 10.2. The van der Waals surface area contributed by atoms with Crippen LogP contribution in [0, 0.1) is 6.92 Å². The summed E-state index contributed by atoms with van der Waals surface area (Å²) in [4.78, 5) is 11.7. The molecule has 5 nitrogen and oxygen atoms in total. The van der Waals surface area contributed by atoms with Crippen molar-refractivity contribution in [3.63, 3.8) is 0 Å². The highest BCUT2D eigenvalue weighted by atomic mass is 35.7. The highest BCUT2D eigenvalue weighted by molar-refractivity contribution is 8.15. The zero-order valence-electron chi connectivity index (χ0n) is 9.32. The molecule has 0 aliphatic carbocycles. The molecule has 0 saturated heterocycles. The SMILES string of the molecule is COCCNC(=O)c1csc(S(=O)(=O)Cl)c1C. The van der Waals surface area contributed by atoms with E-state index < -0.39 is 9.05 Å². The van der Waals surface area contributed by atoms with Crippen LogP contribution in [0.3, 0.4) is 0 Å². The normalized spacial score (nSPS) is 11.5. The van der Waals surface area contributed by atoms with Crippen molar-refractivity contribution < 1.29 is 17.9 Å². The molecule has 0 radical (unpaired) electrons. The molecule has 8 heteroatoms. The number of thiophene rings is 1. The van der Waals surface area contributed by atoms with Gasteiger partial charge in [0.1, 0.15) is 4.21 Å². The number of hydrogen-bond acceptors (Lipinski definition) is 5. The van der Waals surface area contributed by atoms with Gasteiger partial charge in [-0.05, 0) is 12.5 Å². The number of nitrogens with one attached hydrogen (secondary N) is 1. The van der Waals surface area contributed by atoms with Gasteiger partial charge in [0.2, 0.25) is 0 Å². The van der Waals surface area contributed by atoms with E-state index in [0.29, 0.717) is 24.3 Å². The first kappa shape index (κ1) is 14.4.